The van der Waals surface area contributed by atoms with Crippen LogP contribution < -0.4 is 0 Å². The molecular weight excluding hydrogens is 735 g/mol. The highest BCUT2D eigenvalue weighted by Gasteiger charge is 2.26. The molecule has 2 aromatic carbocycles. The van der Waals surface area contributed by atoms with Crippen LogP contribution in [0.2, 0.25) is 35.1 Å². The summed E-state index contributed by atoms with van der Waals surface area (Å²) in [6.07, 6.45) is 4.98. The van der Waals surface area contributed by atoms with E-state index in [0.717, 1.165) is 49.0 Å². The molecule has 0 amide bonds. The quantitative estimate of drug-likeness (QED) is 0.165. The van der Waals surface area contributed by atoms with Gasteiger partial charge in [0.15, 0.2) is 0 Å². The zero-order valence-electron chi connectivity index (χ0n) is 22.3. The van der Waals surface area contributed by atoms with E-state index < -0.39 is 0 Å². The van der Waals surface area contributed by atoms with Gasteiger partial charge in [-0.3, -0.25) is 0 Å². The van der Waals surface area contributed by atoms with Crippen molar-refractivity contribution in [1.29, 1.82) is 0 Å². The molecule has 0 saturated heterocycles. The Bertz CT molecular complexity index is 2230. The van der Waals surface area contributed by atoms with Gasteiger partial charge in [0.05, 0.1) is 10.0 Å². The zero-order chi connectivity index (χ0) is 31.4. The Hall–Kier alpha value is -2.84. The molecule has 12 heteroatoms. The third-order valence-corrected chi connectivity index (χ3v) is 10.4. The summed E-state index contributed by atoms with van der Waals surface area (Å²) in [7, 11) is 0. The summed E-state index contributed by atoms with van der Waals surface area (Å²) in [5.74, 6) is 0.384. The van der Waals surface area contributed by atoms with E-state index in [1.54, 1.807) is 36.8 Å². The van der Waals surface area contributed by atoms with E-state index in [9.17, 15) is 0 Å². The van der Waals surface area contributed by atoms with Crippen LogP contribution in [0.5, 0.6) is 0 Å². The van der Waals surface area contributed by atoms with Crippen LogP contribution in [-0.4, -0.2) is 15.0 Å². The van der Waals surface area contributed by atoms with Gasteiger partial charge in [0.25, 0.3) is 0 Å². The summed E-state index contributed by atoms with van der Waals surface area (Å²) in [6, 6.07) is 22.0. The molecule has 0 bridgehead atoms. The molecule has 0 aliphatic carbocycles. The molecule has 0 aliphatic rings. The Morgan fingerprint density at radius 1 is 0.667 bits per heavy atom. The van der Waals surface area contributed by atoms with Gasteiger partial charge in [0.2, 0.25) is 5.22 Å². The van der Waals surface area contributed by atoms with Gasteiger partial charge in [-0.2, -0.15) is 0 Å². The zero-order valence-corrected chi connectivity index (χ0v) is 28.4. The van der Waals surface area contributed by atoms with Gasteiger partial charge in [-0.15, -0.1) is 11.3 Å². The molecular formula is C33H13Cl7N3OS. The number of rotatable bonds is 5. The average Bonchev–Trinajstić information content (AvgIpc) is 3.55. The smallest absolute Gasteiger partial charge is 0.212 e. The summed E-state index contributed by atoms with van der Waals surface area (Å²) in [6.45, 7) is 0. The number of aromatic nitrogens is 3. The van der Waals surface area contributed by atoms with E-state index >= 15 is 0 Å². The van der Waals surface area contributed by atoms with Crippen LogP contribution in [0, 0.1) is 6.07 Å². The monoisotopic (exact) mass is 744 g/mol. The lowest BCUT2D eigenvalue weighted by atomic mass is 9.82. The maximum Gasteiger partial charge on any atom is 0.212 e. The molecule has 0 N–H and O–H groups in total. The van der Waals surface area contributed by atoms with E-state index in [-0.39, 0.29) is 10.2 Å². The molecule has 7 aromatic rings. The third-order valence-electron chi connectivity index (χ3n) is 7.09. The molecule has 0 spiro atoms. The molecule has 7 rings (SSSR count). The lowest BCUT2D eigenvalue weighted by Gasteiger charge is -2.21. The standard InChI is InChI=1S/C33H13Cl7N3OS/c34-22-12-24(44-32(22)39)21-11-20(25-13-23(35)33(40)45-25)18-5-4-17(19-2-1-8-42-31(19)38)29(16-3-6-26(36)43-14-16)30(18)28(21)15-7-9-41-27(37)10-15/h1-10,12-14H. The van der Waals surface area contributed by atoms with Gasteiger partial charge in [0.1, 0.15) is 25.6 Å². The second-order valence-corrected chi connectivity index (χ2v) is 13.6. The van der Waals surface area contributed by atoms with Gasteiger partial charge >= 0.3 is 0 Å². The Labute approximate surface area is 296 Å². The summed E-state index contributed by atoms with van der Waals surface area (Å²) in [5.41, 5.74) is 5.82. The van der Waals surface area contributed by atoms with Crippen molar-refractivity contribution in [1.82, 2.24) is 15.0 Å². The normalized spacial score (nSPS) is 11.4. The molecule has 1 radical (unpaired) electrons. The van der Waals surface area contributed by atoms with Crippen molar-refractivity contribution in [2.45, 2.75) is 0 Å². The van der Waals surface area contributed by atoms with Gasteiger partial charge in [-0.25, -0.2) is 15.0 Å². The first-order chi connectivity index (χ1) is 21.7. The Morgan fingerprint density at radius 3 is 2.18 bits per heavy atom. The van der Waals surface area contributed by atoms with Crippen LogP contribution in [0.15, 0.2) is 83.7 Å². The Balaban J connectivity index is 1.76. The first-order valence-electron chi connectivity index (χ1n) is 13.0. The number of furan rings is 1. The van der Waals surface area contributed by atoms with Gasteiger partial charge in [-0.1, -0.05) is 81.7 Å². The van der Waals surface area contributed by atoms with Crippen molar-refractivity contribution in [3.05, 3.63) is 120 Å². The number of hydrogen-bond acceptors (Lipinski definition) is 5. The number of fused-ring (bicyclic) bond motifs is 1. The number of nitrogens with zero attached hydrogens (tertiary/aromatic N) is 3. The highest BCUT2D eigenvalue weighted by Crippen LogP contribution is 2.52. The van der Waals surface area contributed by atoms with E-state index in [4.69, 9.17) is 85.6 Å². The number of halogens is 7. The Kier molecular flexibility index (Phi) is 8.49. The minimum atomic E-state index is 0.0423. The topological polar surface area (TPSA) is 51.8 Å². The minimum Gasteiger partial charge on any atom is -0.443 e. The van der Waals surface area contributed by atoms with Crippen molar-refractivity contribution in [3.63, 3.8) is 0 Å². The molecule has 5 aromatic heterocycles. The summed E-state index contributed by atoms with van der Waals surface area (Å²) in [4.78, 5) is 13.8. The third kappa shape index (κ3) is 5.71. The van der Waals surface area contributed by atoms with Crippen LogP contribution >= 0.6 is 92.5 Å². The van der Waals surface area contributed by atoms with Crippen molar-refractivity contribution in [3.8, 4) is 55.1 Å². The summed E-state index contributed by atoms with van der Waals surface area (Å²) in [5, 5.41) is 3.32. The maximum atomic E-state index is 6.72. The molecule has 221 valence electrons. The number of hydrogen-bond donors (Lipinski definition) is 0. The maximum absolute atomic E-state index is 6.72. The lowest BCUT2D eigenvalue weighted by Crippen LogP contribution is -1.97. The largest absolute Gasteiger partial charge is 0.443 e. The van der Waals surface area contributed by atoms with Gasteiger partial charge < -0.3 is 4.42 Å². The molecule has 0 atom stereocenters. The van der Waals surface area contributed by atoms with Crippen LogP contribution in [0.1, 0.15) is 0 Å². The highest BCUT2D eigenvalue weighted by atomic mass is 35.5. The van der Waals surface area contributed by atoms with Crippen LogP contribution in [0.25, 0.3) is 65.9 Å². The van der Waals surface area contributed by atoms with E-state index in [1.807, 2.05) is 42.5 Å². The molecule has 0 saturated carbocycles. The predicted octanol–water partition coefficient (Wildman–Crippen LogP) is 13.4. The van der Waals surface area contributed by atoms with E-state index in [1.165, 1.54) is 11.3 Å². The summed E-state index contributed by atoms with van der Waals surface area (Å²) >= 11 is 46.5. The molecule has 0 fully saturated rings. The Morgan fingerprint density at radius 2 is 1.51 bits per heavy atom. The first-order valence-corrected chi connectivity index (χ1v) is 16.5. The van der Waals surface area contributed by atoms with Crippen molar-refractivity contribution >= 4 is 103 Å². The van der Waals surface area contributed by atoms with Crippen molar-refractivity contribution < 1.29 is 4.42 Å². The minimum absolute atomic E-state index is 0.0423. The fourth-order valence-corrected chi connectivity index (χ4v) is 7.42. The summed E-state index contributed by atoms with van der Waals surface area (Å²) < 4.78 is 6.45. The number of pyridine rings is 3. The first kappa shape index (κ1) is 30.8. The number of benzene rings is 2. The fraction of sp³-hybridized carbons (Fsp3) is 0. The fourth-order valence-electron chi connectivity index (χ4n) is 5.25. The van der Waals surface area contributed by atoms with Crippen molar-refractivity contribution in [2.24, 2.45) is 0 Å². The predicted molar refractivity (Wildman–Crippen MR) is 189 cm³/mol. The highest BCUT2D eigenvalue weighted by molar-refractivity contribution is 7.20. The average molecular weight is 748 g/mol. The second kappa shape index (κ2) is 12.4. The van der Waals surface area contributed by atoms with E-state index in [0.29, 0.717) is 41.7 Å². The van der Waals surface area contributed by atoms with Crippen LogP contribution in [-0.2, 0) is 0 Å². The SMILES string of the molecule is Clc1ccc(-c2c(-c3cccnc3Cl)ccc3c(-c4cc(Cl)c(Cl)s4)[c]c(-c4cc(Cl)c(Cl)o4)c(-c4ccnc(Cl)c4)c23)cn1. The molecule has 0 unspecified atom stereocenters. The van der Waals surface area contributed by atoms with Gasteiger partial charge in [-0.05, 0) is 81.5 Å². The molecule has 4 nitrogen and oxygen atoms in total. The van der Waals surface area contributed by atoms with Crippen molar-refractivity contribution in [2.75, 3.05) is 0 Å². The number of thiophene rings is 1. The van der Waals surface area contributed by atoms with Gasteiger partial charge in [0, 0.05) is 63.4 Å². The van der Waals surface area contributed by atoms with Crippen LogP contribution in [0.3, 0.4) is 0 Å². The molecule has 5 heterocycles. The van der Waals surface area contributed by atoms with Crippen LogP contribution in [0.4, 0.5) is 0 Å². The molecule has 45 heavy (non-hydrogen) atoms. The molecule has 0 aliphatic heterocycles. The lowest BCUT2D eigenvalue weighted by molar-refractivity contribution is 0.584. The second-order valence-electron chi connectivity index (χ2n) is 9.70. The van der Waals surface area contributed by atoms with E-state index in [2.05, 4.69) is 21.0 Å².